The number of carbonyl (C=O) groups is 1. The highest BCUT2D eigenvalue weighted by molar-refractivity contribution is 6.06. The van der Waals surface area contributed by atoms with Crippen LogP contribution in [0.4, 0.5) is 17.1 Å². The maximum absolute atomic E-state index is 12.4. The Morgan fingerprint density at radius 1 is 0.958 bits per heavy atom. The molecule has 0 aromatic heterocycles. The van der Waals surface area contributed by atoms with E-state index in [1.165, 1.54) is 6.92 Å². The molecule has 0 bridgehead atoms. The van der Waals surface area contributed by atoms with Crippen molar-refractivity contribution in [2.24, 2.45) is 0 Å². The smallest absolute Gasteiger partial charge is 0.279 e. The van der Waals surface area contributed by atoms with Gasteiger partial charge in [-0.05, 0) is 31.9 Å². The van der Waals surface area contributed by atoms with Gasteiger partial charge in [0, 0.05) is 17.8 Å². The van der Waals surface area contributed by atoms with Crippen LogP contribution in [0.1, 0.15) is 27.0 Å². The zero-order valence-corrected chi connectivity index (χ0v) is 13.3. The summed E-state index contributed by atoms with van der Waals surface area (Å²) in [6.45, 7) is 4.90. The average molecular weight is 329 g/mol. The number of nitrogens with one attached hydrogen (secondary N) is 1. The number of nitro groups is 2. The third-order valence-electron chi connectivity index (χ3n) is 3.73. The molecule has 0 unspecified atom stereocenters. The lowest BCUT2D eigenvalue weighted by atomic mass is 10.1. The Kier molecular flexibility index (Phi) is 4.59. The molecule has 2 aromatic rings. The van der Waals surface area contributed by atoms with Gasteiger partial charge >= 0.3 is 0 Å². The van der Waals surface area contributed by atoms with Crippen LogP contribution in [-0.2, 0) is 0 Å². The molecule has 0 spiro atoms. The van der Waals surface area contributed by atoms with E-state index in [0.29, 0.717) is 5.69 Å². The van der Waals surface area contributed by atoms with Gasteiger partial charge in [0.25, 0.3) is 17.3 Å². The molecular formula is C16H15N3O5. The first kappa shape index (κ1) is 17.1. The van der Waals surface area contributed by atoms with Crippen molar-refractivity contribution >= 4 is 23.0 Å². The fraction of sp³-hybridized carbons (Fsp3) is 0.188. The van der Waals surface area contributed by atoms with Crippen LogP contribution in [0.3, 0.4) is 0 Å². The molecule has 24 heavy (non-hydrogen) atoms. The Balaban J connectivity index is 2.50. The minimum absolute atomic E-state index is 0.0892. The summed E-state index contributed by atoms with van der Waals surface area (Å²) in [6.07, 6.45) is 0. The van der Waals surface area contributed by atoms with E-state index in [9.17, 15) is 25.0 Å². The SMILES string of the molecule is Cc1cccc(C)c1NC(=O)c1cc([N+](=O)[O-])c(C)c([N+](=O)[O-])c1. The molecule has 124 valence electrons. The maximum Gasteiger partial charge on any atom is 0.279 e. The number of aryl methyl sites for hydroxylation is 2. The van der Waals surface area contributed by atoms with Crippen LogP contribution >= 0.6 is 0 Å². The molecule has 1 N–H and O–H groups in total. The number of rotatable bonds is 4. The molecule has 8 nitrogen and oxygen atoms in total. The predicted molar refractivity (Wildman–Crippen MR) is 88.4 cm³/mol. The lowest BCUT2D eigenvalue weighted by Gasteiger charge is -2.11. The molecule has 8 heteroatoms. The summed E-state index contributed by atoms with van der Waals surface area (Å²) in [5.74, 6) is -0.640. The minimum Gasteiger partial charge on any atom is -0.321 e. The second kappa shape index (κ2) is 6.45. The fourth-order valence-electron chi connectivity index (χ4n) is 2.39. The number of nitrogens with zero attached hydrogens (tertiary/aromatic N) is 2. The standard InChI is InChI=1S/C16H15N3O5/c1-9-5-4-6-10(2)15(9)17-16(20)12-7-13(18(21)22)11(3)14(8-12)19(23)24/h4-8H,1-3H3,(H,17,20). The van der Waals surface area contributed by atoms with Gasteiger partial charge in [0.1, 0.15) is 5.56 Å². The van der Waals surface area contributed by atoms with Crippen LogP contribution in [0.2, 0.25) is 0 Å². The third-order valence-corrected chi connectivity index (χ3v) is 3.73. The number of carbonyl (C=O) groups excluding carboxylic acids is 1. The van der Waals surface area contributed by atoms with Gasteiger partial charge in [0.05, 0.1) is 15.4 Å². The summed E-state index contributed by atoms with van der Waals surface area (Å²) in [5.41, 5.74) is 1.06. The molecule has 0 fully saturated rings. The fourth-order valence-corrected chi connectivity index (χ4v) is 2.39. The average Bonchev–Trinajstić information content (AvgIpc) is 2.50. The van der Waals surface area contributed by atoms with Crippen molar-refractivity contribution in [3.63, 3.8) is 0 Å². The summed E-state index contributed by atoms with van der Waals surface area (Å²) in [4.78, 5) is 33.1. The number of benzene rings is 2. The van der Waals surface area contributed by atoms with Crippen LogP contribution in [0.25, 0.3) is 0 Å². The molecule has 2 aromatic carbocycles. The number of hydrogen-bond donors (Lipinski definition) is 1. The van der Waals surface area contributed by atoms with Crippen LogP contribution in [-0.4, -0.2) is 15.8 Å². The van der Waals surface area contributed by atoms with Crippen molar-refractivity contribution in [1.82, 2.24) is 0 Å². The molecule has 0 aliphatic rings. The monoisotopic (exact) mass is 329 g/mol. The van der Waals surface area contributed by atoms with Gasteiger partial charge in [-0.15, -0.1) is 0 Å². The maximum atomic E-state index is 12.4. The van der Waals surface area contributed by atoms with Crippen molar-refractivity contribution in [2.75, 3.05) is 5.32 Å². The van der Waals surface area contributed by atoms with E-state index in [4.69, 9.17) is 0 Å². The predicted octanol–water partition coefficient (Wildman–Crippen LogP) is 3.68. The van der Waals surface area contributed by atoms with Crippen molar-refractivity contribution < 1.29 is 14.6 Å². The lowest BCUT2D eigenvalue weighted by molar-refractivity contribution is -0.395. The van der Waals surface area contributed by atoms with E-state index < -0.39 is 27.1 Å². The van der Waals surface area contributed by atoms with Crippen molar-refractivity contribution in [3.05, 3.63) is 72.8 Å². The molecule has 1 amide bonds. The Morgan fingerprint density at radius 2 is 1.42 bits per heavy atom. The van der Waals surface area contributed by atoms with Crippen LogP contribution < -0.4 is 5.32 Å². The molecular weight excluding hydrogens is 314 g/mol. The quantitative estimate of drug-likeness (QED) is 0.678. The van der Waals surface area contributed by atoms with E-state index in [2.05, 4.69) is 5.32 Å². The minimum atomic E-state index is -0.738. The normalized spacial score (nSPS) is 10.3. The number of hydrogen-bond acceptors (Lipinski definition) is 5. The largest absolute Gasteiger partial charge is 0.321 e. The zero-order chi connectivity index (χ0) is 18.0. The molecule has 0 atom stereocenters. The van der Waals surface area contributed by atoms with Gasteiger partial charge in [-0.3, -0.25) is 25.0 Å². The first-order valence-electron chi connectivity index (χ1n) is 7.03. The highest BCUT2D eigenvalue weighted by Gasteiger charge is 2.25. The Labute approximate surface area is 137 Å². The second-order valence-corrected chi connectivity index (χ2v) is 5.37. The summed E-state index contributed by atoms with van der Waals surface area (Å²) in [7, 11) is 0. The molecule has 0 aliphatic heterocycles. The third kappa shape index (κ3) is 3.22. The van der Waals surface area contributed by atoms with Gasteiger partial charge < -0.3 is 5.32 Å². The molecule has 0 radical (unpaired) electrons. The molecule has 0 saturated carbocycles. The molecule has 0 heterocycles. The van der Waals surface area contributed by atoms with Crippen molar-refractivity contribution in [2.45, 2.75) is 20.8 Å². The van der Waals surface area contributed by atoms with Crippen molar-refractivity contribution in [3.8, 4) is 0 Å². The Bertz CT molecular complexity index is 806. The van der Waals surface area contributed by atoms with Crippen LogP contribution in [0.5, 0.6) is 0 Å². The van der Waals surface area contributed by atoms with E-state index in [0.717, 1.165) is 23.3 Å². The number of para-hydroxylation sites is 1. The first-order chi connectivity index (χ1) is 11.2. The highest BCUT2D eigenvalue weighted by Crippen LogP contribution is 2.30. The topological polar surface area (TPSA) is 115 Å². The van der Waals surface area contributed by atoms with E-state index in [1.54, 1.807) is 0 Å². The Hall–Kier alpha value is -3.29. The lowest BCUT2D eigenvalue weighted by Crippen LogP contribution is -2.15. The number of amides is 1. The first-order valence-corrected chi connectivity index (χ1v) is 7.03. The zero-order valence-electron chi connectivity index (χ0n) is 13.3. The number of anilines is 1. The summed E-state index contributed by atoms with van der Waals surface area (Å²) in [5, 5.41) is 24.8. The van der Waals surface area contributed by atoms with E-state index in [-0.39, 0.29) is 11.1 Å². The van der Waals surface area contributed by atoms with Crippen molar-refractivity contribution in [1.29, 1.82) is 0 Å². The van der Waals surface area contributed by atoms with Gasteiger partial charge in [0.2, 0.25) is 0 Å². The number of nitro benzene ring substituents is 2. The molecule has 0 saturated heterocycles. The van der Waals surface area contributed by atoms with E-state index >= 15 is 0 Å². The second-order valence-electron chi connectivity index (χ2n) is 5.37. The van der Waals surface area contributed by atoms with Crippen LogP contribution in [0.15, 0.2) is 30.3 Å². The van der Waals surface area contributed by atoms with Gasteiger partial charge in [-0.1, -0.05) is 18.2 Å². The molecule has 0 aliphatic carbocycles. The molecule has 2 rings (SSSR count). The van der Waals surface area contributed by atoms with Crippen LogP contribution in [0, 0.1) is 41.0 Å². The highest BCUT2D eigenvalue weighted by atomic mass is 16.6. The summed E-state index contributed by atoms with van der Waals surface area (Å²) < 4.78 is 0. The summed E-state index contributed by atoms with van der Waals surface area (Å²) >= 11 is 0. The van der Waals surface area contributed by atoms with Gasteiger partial charge in [-0.25, -0.2) is 0 Å². The van der Waals surface area contributed by atoms with Gasteiger partial charge in [0.15, 0.2) is 0 Å². The Morgan fingerprint density at radius 3 is 1.83 bits per heavy atom. The summed E-state index contributed by atoms with van der Waals surface area (Å²) in [6, 6.07) is 7.55. The van der Waals surface area contributed by atoms with Gasteiger partial charge in [-0.2, -0.15) is 0 Å². The van der Waals surface area contributed by atoms with E-state index in [1.807, 2.05) is 32.0 Å².